The quantitative estimate of drug-likeness (QED) is 0.470. The second-order valence-corrected chi connectivity index (χ2v) is 12.3. The Bertz CT molecular complexity index is 676. The zero-order valence-electron chi connectivity index (χ0n) is 20.1. The van der Waals surface area contributed by atoms with Gasteiger partial charge in [0.1, 0.15) is 0 Å². The SMILES string of the molecule is C[C@H](CC[C@H](O)[C@@H](C)CO)[C@H]1CCC2C3C(CC[C@@]21C)[C@@]1(C)CC[C@H](O)CC1=C[C@H]3O. The molecule has 178 valence electrons. The first kappa shape index (κ1) is 23.7. The van der Waals surface area contributed by atoms with Gasteiger partial charge >= 0.3 is 0 Å². The van der Waals surface area contributed by atoms with Crippen LogP contribution in [0, 0.1) is 46.3 Å². The van der Waals surface area contributed by atoms with E-state index < -0.39 is 6.10 Å². The van der Waals surface area contributed by atoms with E-state index >= 15 is 0 Å². The van der Waals surface area contributed by atoms with Gasteiger partial charge < -0.3 is 20.4 Å². The van der Waals surface area contributed by atoms with Gasteiger partial charge in [-0.15, -0.1) is 0 Å². The molecular weight excluding hydrogens is 388 g/mol. The molecule has 0 heterocycles. The van der Waals surface area contributed by atoms with Crippen molar-refractivity contribution in [2.24, 2.45) is 46.3 Å². The molecule has 3 fully saturated rings. The molecule has 0 spiro atoms. The lowest BCUT2D eigenvalue weighted by Gasteiger charge is -2.59. The van der Waals surface area contributed by atoms with Crippen LogP contribution in [0.4, 0.5) is 0 Å². The highest BCUT2D eigenvalue weighted by atomic mass is 16.3. The Labute approximate surface area is 189 Å². The van der Waals surface area contributed by atoms with Crippen LogP contribution in [-0.2, 0) is 0 Å². The summed E-state index contributed by atoms with van der Waals surface area (Å²) >= 11 is 0. The van der Waals surface area contributed by atoms with Crippen molar-refractivity contribution in [3.8, 4) is 0 Å². The minimum absolute atomic E-state index is 0.0467. The normalized spacial score (nSPS) is 47.5. The molecule has 4 aliphatic rings. The summed E-state index contributed by atoms with van der Waals surface area (Å²) in [6, 6.07) is 0. The molecule has 4 aliphatic carbocycles. The zero-order valence-corrected chi connectivity index (χ0v) is 20.1. The van der Waals surface area contributed by atoms with Crippen molar-refractivity contribution in [2.45, 2.75) is 104 Å². The molecule has 0 radical (unpaired) electrons. The Kier molecular flexibility index (Phi) is 6.69. The van der Waals surface area contributed by atoms with Gasteiger partial charge in [-0.3, -0.25) is 0 Å². The first-order chi connectivity index (χ1) is 14.6. The second kappa shape index (κ2) is 8.74. The van der Waals surface area contributed by atoms with Crippen molar-refractivity contribution in [2.75, 3.05) is 6.61 Å². The Morgan fingerprint density at radius 3 is 2.45 bits per heavy atom. The number of aliphatic hydroxyl groups excluding tert-OH is 4. The lowest BCUT2D eigenvalue weighted by atomic mass is 9.46. The van der Waals surface area contributed by atoms with Crippen LogP contribution in [-0.4, -0.2) is 45.3 Å². The molecule has 0 saturated heterocycles. The van der Waals surface area contributed by atoms with Crippen molar-refractivity contribution in [3.05, 3.63) is 11.6 Å². The number of fused-ring (bicyclic) bond motifs is 5. The Hall–Kier alpha value is -0.420. The zero-order chi connectivity index (χ0) is 22.6. The van der Waals surface area contributed by atoms with Gasteiger partial charge in [0.05, 0.1) is 18.3 Å². The lowest BCUT2D eigenvalue weighted by molar-refractivity contribution is -0.0974. The van der Waals surface area contributed by atoms with E-state index in [-0.39, 0.29) is 35.6 Å². The van der Waals surface area contributed by atoms with E-state index in [1.54, 1.807) is 0 Å². The first-order valence-corrected chi connectivity index (χ1v) is 13.0. The summed E-state index contributed by atoms with van der Waals surface area (Å²) < 4.78 is 0. The van der Waals surface area contributed by atoms with Gasteiger partial charge in [-0.1, -0.05) is 39.3 Å². The molecule has 31 heavy (non-hydrogen) atoms. The van der Waals surface area contributed by atoms with Crippen LogP contribution in [0.3, 0.4) is 0 Å². The third kappa shape index (κ3) is 3.94. The minimum atomic E-state index is -0.418. The number of aliphatic hydroxyl groups is 4. The molecule has 0 aliphatic heterocycles. The molecule has 4 heteroatoms. The molecule has 4 nitrogen and oxygen atoms in total. The Morgan fingerprint density at radius 1 is 1.00 bits per heavy atom. The number of hydrogen-bond acceptors (Lipinski definition) is 4. The monoisotopic (exact) mass is 434 g/mol. The molecule has 11 atom stereocenters. The third-order valence-electron chi connectivity index (χ3n) is 10.7. The molecule has 0 aromatic heterocycles. The van der Waals surface area contributed by atoms with Gasteiger partial charge in [0, 0.05) is 12.5 Å². The fraction of sp³-hybridized carbons (Fsp3) is 0.926. The van der Waals surface area contributed by atoms with Crippen LogP contribution in [0.15, 0.2) is 11.6 Å². The van der Waals surface area contributed by atoms with Crippen molar-refractivity contribution in [3.63, 3.8) is 0 Å². The van der Waals surface area contributed by atoms with E-state index in [1.807, 2.05) is 6.92 Å². The Balaban J connectivity index is 1.50. The molecule has 0 bridgehead atoms. The van der Waals surface area contributed by atoms with E-state index in [9.17, 15) is 20.4 Å². The molecular formula is C27H46O4. The predicted octanol–water partition coefficient (Wildman–Crippen LogP) is 4.30. The van der Waals surface area contributed by atoms with Crippen molar-refractivity contribution >= 4 is 0 Å². The molecule has 3 saturated carbocycles. The lowest BCUT2D eigenvalue weighted by Crippen LogP contribution is -2.55. The highest BCUT2D eigenvalue weighted by Gasteiger charge is 2.61. The third-order valence-corrected chi connectivity index (χ3v) is 10.7. The van der Waals surface area contributed by atoms with Crippen LogP contribution in [0.2, 0.25) is 0 Å². The maximum Gasteiger partial charge on any atom is 0.0757 e. The molecule has 0 amide bonds. The summed E-state index contributed by atoms with van der Waals surface area (Å²) in [4.78, 5) is 0. The molecule has 3 unspecified atom stereocenters. The summed E-state index contributed by atoms with van der Waals surface area (Å²) in [5.41, 5.74) is 1.74. The maximum absolute atomic E-state index is 11.3. The fourth-order valence-corrected chi connectivity index (χ4v) is 8.65. The summed E-state index contributed by atoms with van der Waals surface area (Å²) in [7, 11) is 0. The van der Waals surface area contributed by atoms with E-state index in [0.29, 0.717) is 29.6 Å². The largest absolute Gasteiger partial charge is 0.396 e. The average Bonchev–Trinajstić information content (AvgIpc) is 3.09. The summed E-state index contributed by atoms with van der Waals surface area (Å²) in [5, 5.41) is 41.2. The Morgan fingerprint density at radius 2 is 1.74 bits per heavy atom. The molecule has 0 aromatic carbocycles. The summed E-state index contributed by atoms with van der Waals surface area (Å²) in [5.74, 6) is 2.60. The second-order valence-electron chi connectivity index (χ2n) is 12.3. The summed E-state index contributed by atoms with van der Waals surface area (Å²) in [6.07, 6.45) is 10.4. The van der Waals surface area contributed by atoms with Crippen LogP contribution in [0.1, 0.15) is 85.5 Å². The topological polar surface area (TPSA) is 80.9 Å². The van der Waals surface area contributed by atoms with E-state index in [2.05, 4.69) is 26.8 Å². The van der Waals surface area contributed by atoms with E-state index in [1.165, 1.54) is 31.3 Å². The van der Waals surface area contributed by atoms with Crippen molar-refractivity contribution in [1.29, 1.82) is 0 Å². The highest BCUT2D eigenvalue weighted by molar-refractivity contribution is 5.27. The minimum Gasteiger partial charge on any atom is -0.396 e. The van der Waals surface area contributed by atoms with Gasteiger partial charge in [0.25, 0.3) is 0 Å². The smallest absolute Gasteiger partial charge is 0.0757 e. The summed E-state index contributed by atoms with van der Waals surface area (Å²) in [6.45, 7) is 9.23. The van der Waals surface area contributed by atoms with Crippen LogP contribution >= 0.6 is 0 Å². The van der Waals surface area contributed by atoms with Crippen molar-refractivity contribution < 1.29 is 20.4 Å². The van der Waals surface area contributed by atoms with Crippen molar-refractivity contribution in [1.82, 2.24) is 0 Å². The van der Waals surface area contributed by atoms with Gasteiger partial charge in [-0.25, -0.2) is 0 Å². The standard InChI is InChI=1S/C27H46O4/c1-16(5-8-23(30)17(2)15-28)20-6-7-21-25-22(10-12-27(20,21)4)26(3)11-9-19(29)13-18(26)14-24(25)31/h14,16-17,19-25,28-31H,5-13,15H2,1-4H3/t16-,17+,19+,20-,21?,22?,23+,24-,25?,26+,27-/m1/s1. The van der Waals surface area contributed by atoms with Gasteiger partial charge in [0.15, 0.2) is 0 Å². The maximum atomic E-state index is 11.3. The number of rotatable bonds is 6. The van der Waals surface area contributed by atoms with Crippen LogP contribution in [0.5, 0.6) is 0 Å². The highest BCUT2D eigenvalue weighted by Crippen LogP contribution is 2.67. The molecule has 4 rings (SSSR count). The van der Waals surface area contributed by atoms with Gasteiger partial charge in [-0.2, -0.15) is 0 Å². The molecule has 4 N–H and O–H groups in total. The fourth-order valence-electron chi connectivity index (χ4n) is 8.65. The number of hydrogen-bond donors (Lipinski definition) is 4. The van der Waals surface area contributed by atoms with Crippen LogP contribution in [0.25, 0.3) is 0 Å². The predicted molar refractivity (Wildman–Crippen MR) is 123 cm³/mol. The van der Waals surface area contributed by atoms with Crippen LogP contribution < -0.4 is 0 Å². The average molecular weight is 435 g/mol. The van der Waals surface area contributed by atoms with E-state index in [4.69, 9.17) is 0 Å². The molecule has 0 aromatic rings. The first-order valence-electron chi connectivity index (χ1n) is 13.0. The van der Waals surface area contributed by atoms with Gasteiger partial charge in [-0.05, 0) is 98.2 Å². The van der Waals surface area contributed by atoms with Gasteiger partial charge in [0.2, 0.25) is 0 Å². The van der Waals surface area contributed by atoms with E-state index in [0.717, 1.165) is 32.1 Å².